The highest BCUT2D eigenvalue weighted by Gasteiger charge is 2.04. The number of hydrogen-bond donors (Lipinski definition) is 0. The Kier molecular flexibility index (Phi) is 2.65. The van der Waals surface area contributed by atoms with Gasteiger partial charge in [0.1, 0.15) is 5.82 Å². The van der Waals surface area contributed by atoms with Crippen molar-refractivity contribution in [2.45, 2.75) is 6.92 Å². The van der Waals surface area contributed by atoms with Crippen LogP contribution >= 0.6 is 0 Å². The third kappa shape index (κ3) is 1.91. The number of nitrogens with zero attached hydrogens (tertiary/aromatic N) is 3. The van der Waals surface area contributed by atoms with Gasteiger partial charge in [0.05, 0.1) is 17.2 Å². The Morgan fingerprint density at radius 2 is 1.72 bits per heavy atom. The molecule has 3 nitrogen and oxygen atoms in total. The van der Waals surface area contributed by atoms with Crippen molar-refractivity contribution in [3.8, 4) is 0 Å². The summed E-state index contributed by atoms with van der Waals surface area (Å²) < 4.78 is 1.86. The second-order valence-electron chi connectivity index (χ2n) is 4.11. The minimum Gasteiger partial charge on any atom is -0.232 e. The van der Waals surface area contributed by atoms with Gasteiger partial charge in [-0.05, 0) is 24.6 Å². The first-order valence-electron chi connectivity index (χ1n) is 5.88. The Labute approximate surface area is 105 Å². The van der Waals surface area contributed by atoms with Gasteiger partial charge in [0, 0.05) is 0 Å². The van der Waals surface area contributed by atoms with E-state index < -0.39 is 0 Å². The largest absolute Gasteiger partial charge is 0.232 e. The quantitative estimate of drug-likeness (QED) is 0.627. The molecule has 0 spiro atoms. The summed E-state index contributed by atoms with van der Waals surface area (Å²) in [4.78, 5) is 4.47. The maximum atomic E-state index is 4.49. The predicted molar refractivity (Wildman–Crippen MR) is 73.9 cm³/mol. The van der Waals surface area contributed by atoms with E-state index in [1.54, 1.807) is 0 Å². The summed E-state index contributed by atoms with van der Waals surface area (Å²) in [5, 5.41) is 4.49. The second kappa shape index (κ2) is 4.45. The molecule has 0 aliphatic carbocycles. The third-order valence-electron chi connectivity index (χ3n) is 2.82. The molecule has 0 N–H and O–H groups in total. The van der Waals surface area contributed by atoms with E-state index in [0.29, 0.717) is 0 Å². The number of aromatic nitrogens is 2. The molecule has 0 unspecified atom stereocenters. The van der Waals surface area contributed by atoms with Crippen LogP contribution in [0.3, 0.4) is 0 Å². The Balaban J connectivity index is 2.05. The smallest absolute Gasteiger partial charge is 0.128 e. The van der Waals surface area contributed by atoms with Gasteiger partial charge in [0.25, 0.3) is 0 Å². The Morgan fingerprint density at radius 1 is 1.00 bits per heavy atom. The van der Waals surface area contributed by atoms with Crippen LogP contribution in [0.2, 0.25) is 0 Å². The summed E-state index contributed by atoms with van der Waals surface area (Å²) in [6.45, 7) is 1.96. The van der Waals surface area contributed by atoms with E-state index in [-0.39, 0.29) is 0 Å². The zero-order valence-electron chi connectivity index (χ0n) is 10.1. The first-order valence-corrected chi connectivity index (χ1v) is 5.88. The lowest BCUT2D eigenvalue weighted by Crippen LogP contribution is -1.93. The fourth-order valence-electron chi connectivity index (χ4n) is 1.94. The van der Waals surface area contributed by atoms with E-state index in [9.17, 15) is 0 Å². The van der Waals surface area contributed by atoms with Crippen LogP contribution in [0.15, 0.2) is 59.7 Å². The summed E-state index contributed by atoms with van der Waals surface area (Å²) in [5.41, 5.74) is 3.08. The molecule has 0 saturated carbocycles. The number of fused-ring (bicyclic) bond motifs is 1. The zero-order chi connectivity index (χ0) is 12.4. The van der Waals surface area contributed by atoms with Gasteiger partial charge in [-0.3, -0.25) is 0 Å². The van der Waals surface area contributed by atoms with E-state index in [2.05, 4.69) is 10.1 Å². The van der Waals surface area contributed by atoms with Crippen LogP contribution in [0.5, 0.6) is 0 Å². The molecule has 3 rings (SSSR count). The molecule has 0 saturated heterocycles. The summed E-state index contributed by atoms with van der Waals surface area (Å²) in [7, 11) is 0. The molecule has 0 radical (unpaired) electrons. The van der Waals surface area contributed by atoms with E-state index in [1.165, 1.54) is 0 Å². The van der Waals surface area contributed by atoms with E-state index in [1.807, 2.05) is 72.4 Å². The SMILES string of the molecule is Cc1nc2ccccc2n1N=Cc1ccccc1. The van der Waals surface area contributed by atoms with Crippen LogP contribution in [0.4, 0.5) is 0 Å². The minimum atomic E-state index is 0.892. The fraction of sp³-hybridized carbons (Fsp3) is 0.0667. The molecule has 2 aromatic carbocycles. The summed E-state index contributed by atoms with van der Waals surface area (Å²) in [5.74, 6) is 0.892. The van der Waals surface area contributed by atoms with Gasteiger partial charge in [-0.1, -0.05) is 42.5 Å². The highest BCUT2D eigenvalue weighted by molar-refractivity contribution is 5.81. The topological polar surface area (TPSA) is 30.2 Å². The van der Waals surface area contributed by atoms with Gasteiger partial charge in [-0.2, -0.15) is 5.10 Å². The lowest BCUT2D eigenvalue weighted by Gasteiger charge is -1.98. The van der Waals surface area contributed by atoms with Gasteiger partial charge in [-0.25, -0.2) is 9.66 Å². The van der Waals surface area contributed by atoms with E-state index >= 15 is 0 Å². The molecule has 1 aromatic heterocycles. The standard InChI is InChI=1S/C15H13N3/c1-12-17-14-9-5-6-10-15(14)18(12)16-11-13-7-3-2-4-8-13/h2-11H,1H3. The molecular weight excluding hydrogens is 222 g/mol. The van der Waals surface area contributed by atoms with Crippen molar-refractivity contribution in [3.05, 3.63) is 66.0 Å². The summed E-state index contributed by atoms with van der Waals surface area (Å²) in [6.07, 6.45) is 1.85. The van der Waals surface area contributed by atoms with Crippen molar-refractivity contribution >= 4 is 17.2 Å². The number of benzene rings is 2. The molecule has 3 heteroatoms. The third-order valence-corrected chi connectivity index (χ3v) is 2.82. The van der Waals surface area contributed by atoms with Gasteiger partial charge >= 0.3 is 0 Å². The van der Waals surface area contributed by atoms with Crippen molar-refractivity contribution in [1.29, 1.82) is 0 Å². The maximum absolute atomic E-state index is 4.49. The normalized spacial score (nSPS) is 11.4. The average Bonchev–Trinajstić information content (AvgIpc) is 2.73. The minimum absolute atomic E-state index is 0.892. The average molecular weight is 235 g/mol. The van der Waals surface area contributed by atoms with Crippen LogP contribution in [0.25, 0.3) is 11.0 Å². The van der Waals surface area contributed by atoms with Crippen molar-refractivity contribution in [3.63, 3.8) is 0 Å². The van der Waals surface area contributed by atoms with Gasteiger partial charge in [0.15, 0.2) is 0 Å². The molecule has 0 fully saturated rings. The highest BCUT2D eigenvalue weighted by atomic mass is 15.4. The molecule has 1 heterocycles. The molecular formula is C15H13N3. The van der Waals surface area contributed by atoms with Gasteiger partial charge in [0.2, 0.25) is 0 Å². The maximum Gasteiger partial charge on any atom is 0.128 e. The van der Waals surface area contributed by atoms with Gasteiger partial charge < -0.3 is 0 Å². The van der Waals surface area contributed by atoms with Crippen molar-refractivity contribution < 1.29 is 0 Å². The van der Waals surface area contributed by atoms with Crippen LogP contribution in [0.1, 0.15) is 11.4 Å². The van der Waals surface area contributed by atoms with Crippen LogP contribution in [0, 0.1) is 6.92 Å². The molecule has 88 valence electrons. The molecule has 0 bridgehead atoms. The molecule has 0 aliphatic rings. The lowest BCUT2D eigenvalue weighted by molar-refractivity contribution is 0.859. The highest BCUT2D eigenvalue weighted by Crippen LogP contribution is 2.14. The Bertz CT molecular complexity index is 696. The molecule has 18 heavy (non-hydrogen) atoms. The van der Waals surface area contributed by atoms with E-state index in [0.717, 1.165) is 22.4 Å². The molecule has 0 amide bonds. The zero-order valence-corrected chi connectivity index (χ0v) is 10.1. The molecule has 3 aromatic rings. The number of rotatable bonds is 2. The molecule has 0 atom stereocenters. The first kappa shape index (κ1) is 10.7. The monoisotopic (exact) mass is 235 g/mol. The summed E-state index contributed by atoms with van der Waals surface area (Å²) in [6, 6.07) is 18.1. The van der Waals surface area contributed by atoms with Crippen molar-refractivity contribution in [2.24, 2.45) is 5.10 Å². The predicted octanol–water partition coefficient (Wildman–Crippen LogP) is 3.23. The Hall–Kier alpha value is -2.42. The van der Waals surface area contributed by atoms with E-state index in [4.69, 9.17) is 0 Å². The number of imidazole rings is 1. The van der Waals surface area contributed by atoms with Crippen LogP contribution in [-0.2, 0) is 0 Å². The fourth-order valence-corrected chi connectivity index (χ4v) is 1.94. The number of hydrogen-bond acceptors (Lipinski definition) is 2. The van der Waals surface area contributed by atoms with Crippen LogP contribution in [-0.4, -0.2) is 15.9 Å². The second-order valence-corrected chi connectivity index (χ2v) is 4.11. The molecule has 0 aliphatic heterocycles. The number of aryl methyl sites for hydroxylation is 1. The summed E-state index contributed by atoms with van der Waals surface area (Å²) >= 11 is 0. The number of para-hydroxylation sites is 2. The lowest BCUT2D eigenvalue weighted by atomic mass is 10.2. The van der Waals surface area contributed by atoms with Crippen molar-refractivity contribution in [2.75, 3.05) is 0 Å². The first-order chi connectivity index (χ1) is 8.84. The van der Waals surface area contributed by atoms with Crippen molar-refractivity contribution in [1.82, 2.24) is 9.66 Å². The Morgan fingerprint density at radius 3 is 2.56 bits per heavy atom. The van der Waals surface area contributed by atoms with Crippen LogP contribution < -0.4 is 0 Å². The van der Waals surface area contributed by atoms with Gasteiger partial charge in [-0.15, -0.1) is 0 Å².